The summed E-state index contributed by atoms with van der Waals surface area (Å²) >= 11 is 3.11. The minimum Gasteiger partial charge on any atom is -0.492 e. The van der Waals surface area contributed by atoms with Gasteiger partial charge in [-0.2, -0.15) is 35.8 Å². The van der Waals surface area contributed by atoms with Crippen LogP contribution >= 0.6 is 15.9 Å². The standard InChI is InChI=1S/C13H12BrF7N2O2/c1-3-25-9-5-7(4-8(14)10(9)24-2)6-22-23-13(20,21)11(15,16)12(17,18)19/h4-6,23H,3H2,1-2H3/b22-6-. The van der Waals surface area contributed by atoms with Crippen LogP contribution in [0.4, 0.5) is 30.7 Å². The number of ether oxygens (including phenoxy) is 2. The number of halogens is 8. The molecule has 1 rings (SSSR count). The maximum atomic E-state index is 13.0. The van der Waals surface area contributed by atoms with Crippen molar-refractivity contribution in [2.24, 2.45) is 5.10 Å². The first kappa shape index (κ1) is 21.3. The molecule has 0 fully saturated rings. The molecule has 25 heavy (non-hydrogen) atoms. The molecule has 0 saturated heterocycles. The fourth-order valence-corrected chi connectivity index (χ4v) is 2.18. The third-order valence-electron chi connectivity index (χ3n) is 2.70. The number of hydrazone groups is 1. The summed E-state index contributed by atoms with van der Waals surface area (Å²) in [6.07, 6.45) is -5.81. The summed E-state index contributed by atoms with van der Waals surface area (Å²) in [7, 11) is 1.34. The summed E-state index contributed by atoms with van der Waals surface area (Å²) in [6.45, 7) is 1.90. The number of methoxy groups -OCH3 is 1. The van der Waals surface area contributed by atoms with E-state index in [1.54, 1.807) is 6.92 Å². The highest BCUT2D eigenvalue weighted by atomic mass is 79.9. The van der Waals surface area contributed by atoms with Gasteiger partial charge in [0.1, 0.15) is 0 Å². The molecule has 0 bridgehead atoms. The SMILES string of the molecule is CCOc1cc(/C=N\NC(F)(F)C(F)(F)C(F)(F)F)cc(Br)c1OC. The Kier molecular flexibility index (Phi) is 6.54. The fourth-order valence-electron chi connectivity index (χ4n) is 1.56. The number of nitrogens with one attached hydrogen (secondary N) is 1. The molecule has 4 nitrogen and oxygen atoms in total. The van der Waals surface area contributed by atoms with E-state index < -0.39 is 18.1 Å². The van der Waals surface area contributed by atoms with Gasteiger partial charge in [0.15, 0.2) is 11.5 Å². The largest absolute Gasteiger partial charge is 0.492 e. The molecule has 0 spiro atoms. The number of rotatable bonds is 7. The lowest BCUT2D eigenvalue weighted by Gasteiger charge is -2.27. The summed E-state index contributed by atoms with van der Waals surface area (Å²) in [5.41, 5.74) is 0.611. The number of alkyl halides is 7. The van der Waals surface area contributed by atoms with Gasteiger partial charge in [0.2, 0.25) is 0 Å². The molecule has 0 aliphatic rings. The zero-order chi connectivity index (χ0) is 19.5. The Morgan fingerprint density at radius 1 is 1.16 bits per heavy atom. The van der Waals surface area contributed by atoms with Crippen molar-refractivity contribution in [1.82, 2.24) is 5.43 Å². The van der Waals surface area contributed by atoms with E-state index in [9.17, 15) is 30.7 Å². The van der Waals surface area contributed by atoms with E-state index in [1.807, 2.05) is 0 Å². The highest BCUT2D eigenvalue weighted by Crippen LogP contribution is 2.45. The van der Waals surface area contributed by atoms with Gasteiger partial charge in [-0.25, -0.2) is 5.43 Å². The van der Waals surface area contributed by atoms with Crippen LogP contribution in [-0.4, -0.2) is 38.1 Å². The van der Waals surface area contributed by atoms with Gasteiger partial charge >= 0.3 is 18.1 Å². The molecule has 0 unspecified atom stereocenters. The van der Waals surface area contributed by atoms with Crippen molar-refractivity contribution in [1.29, 1.82) is 0 Å². The first-order valence-corrected chi connectivity index (χ1v) is 7.29. The molecular weight excluding hydrogens is 429 g/mol. The Balaban J connectivity index is 3.03. The fraction of sp³-hybridized carbons (Fsp3) is 0.462. The van der Waals surface area contributed by atoms with Crippen molar-refractivity contribution in [2.45, 2.75) is 25.1 Å². The lowest BCUT2D eigenvalue weighted by molar-refractivity contribution is -0.361. The van der Waals surface area contributed by atoms with Crippen LogP contribution in [0, 0.1) is 0 Å². The van der Waals surface area contributed by atoms with Crippen molar-refractivity contribution < 1.29 is 40.2 Å². The smallest absolute Gasteiger partial charge is 0.462 e. The minimum absolute atomic E-state index is 0.0785. The predicted octanol–water partition coefficient (Wildman–Crippen LogP) is 4.57. The molecule has 12 heteroatoms. The quantitative estimate of drug-likeness (QED) is 0.292. The maximum absolute atomic E-state index is 13.0. The second-order valence-corrected chi connectivity index (χ2v) is 5.34. The summed E-state index contributed by atoms with van der Waals surface area (Å²) in [4.78, 5) is 0. The molecule has 0 aliphatic carbocycles. The van der Waals surface area contributed by atoms with E-state index >= 15 is 0 Å². The van der Waals surface area contributed by atoms with Gasteiger partial charge in [-0.05, 0) is 40.5 Å². The second-order valence-electron chi connectivity index (χ2n) is 4.48. The monoisotopic (exact) mass is 440 g/mol. The molecule has 0 heterocycles. The molecule has 0 atom stereocenters. The number of nitrogens with zero attached hydrogens (tertiary/aromatic N) is 1. The van der Waals surface area contributed by atoms with E-state index in [0.717, 1.165) is 0 Å². The summed E-state index contributed by atoms with van der Waals surface area (Å²) in [5.74, 6) is -5.83. The van der Waals surface area contributed by atoms with Crippen LogP contribution in [-0.2, 0) is 0 Å². The average molecular weight is 441 g/mol. The molecule has 0 aromatic heterocycles. The van der Waals surface area contributed by atoms with Crippen molar-refractivity contribution >= 4 is 22.1 Å². The Hall–Kier alpha value is -1.72. The zero-order valence-electron chi connectivity index (χ0n) is 12.7. The van der Waals surface area contributed by atoms with E-state index in [1.165, 1.54) is 19.2 Å². The Labute approximate surface area is 146 Å². The van der Waals surface area contributed by atoms with Crippen LogP contribution in [0.5, 0.6) is 11.5 Å². The molecule has 0 saturated carbocycles. The average Bonchev–Trinajstić information content (AvgIpc) is 2.46. The van der Waals surface area contributed by atoms with Crippen LogP contribution < -0.4 is 14.9 Å². The van der Waals surface area contributed by atoms with Crippen LogP contribution in [0.25, 0.3) is 0 Å². The first-order chi connectivity index (χ1) is 11.4. The van der Waals surface area contributed by atoms with Gasteiger partial charge in [0.25, 0.3) is 0 Å². The molecule has 0 radical (unpaired) electrons. The third-order valence-corrected chi connectivity index (χ3v) is 3.29. The van der Waals surface area contributed by atoms with E-state index in [2.05, 4.69) is 21.0 Å². The minimum atomic E-state index is -6.44. The van der Waals surface area contributed by atoms with E-state index in [4.69, 9.17) is 9.47 Å². The molecule has 0 aliphatic heterocycles. The normalized spacial score (nSPS) is 13.2. The highest BCUT2D eigenvalue weighted by Gasteiger charge is 2.73. The summed E-state index contributed by atoms with van der Waals surface area (Å²) in [6, 6.07) is -3.04. The van der Waals surface area contributed by atoms with Gasteiger partial charge in [0.05, 0.1) is 24.4 Å². The highest BCUT2D eigenvalue weighted by molar-refractivity contribution is 9.10. The van der Waals surface area contributed by atoms with E-state index in [-0.39, 0.29) is 23.7 Å². The van der Waals surface area contributed by atoms with E-state index in [0.29, 0.717) is 16.1 Å². The van der Waals surface area contributed by atoms with Crippen molar-refractivity contribution in [3.63, 3.8) is 0 Å². The molecule has 1 aromatic carbocycles. The van der Waals surface area contributed by atoms with Crippen LogP contribution in [0.3, 0.4) is 0 Å². The molecule has 1 N–H and O–H groups in total. The number of benzene rings is 1. The van der Waals surface area contributed by atoms with Gasteiger partial charge in [-0.3, -0.25) is 0 Å². The van der Waals surface area contributed by atoms with Gasteiger partial charge in [-0.15, -0.1) is 0 Å². The predicted molar refractivity (Wildman–Crippen MR) is 78.5 cm³/mol. The Morgan fingerprint density at radius 2 is 1.76 bits per heavy atom. The zero-order valence-corrected chi connectivity index (χ0v) is 14.3. The van der Waals surface area contributed by atoms with Crippen molar-refractivity contribution in [2.75, 3.05) is 13.7 Å². The lowest BCUT2D eigenvalue weighted by atomic mass is 10.2. The first-order valence-electron chi connectivity index (χ1n) is 6.50. The number of hydrogen-bond donors (Lipinski definition) is 1. The van der Waals surface area contributed by atoms with Crippen LogP contribution in [0.2, 0.25) is 0 Å². The Bertz CT molecular complexity index is 636. The second kappa shape index (κ2) is 7.67. The lowest BCUT2D eigenvalue weighted by Crippen LogP contribution is -2.58. The van der Waals surface area contributed by atoms with Gasteiger partial charge in [-0.1, -0.05) is 0 Å². The third kappa shape index (κ3) is 4.67. The summed E-state index contributed by atoms with van der Waals surface area (Å²) in [5, 5.41) is 2.77. The molecule has 142 valence electrons. The summed E-state index contributed by atoms with van der Waals surface area (Å²) < 4.78 is 98.1. The van der Waals surface area contributed by atoms with Crippen LogP contribution in [0.1, 0.15) is 12.5 Å². The van der Waals surface area contributed by atoms with Gasteiger partial charge < -0.3 is 9.47 Å². The number of hydrogen-bond acceptors (Lipinski definition) is 4. The maximum Gasteiger partial charge on any atom is 0.462 e. The topological polar surface area (TPSA) is 42.8 Å². The molecular formula is C13H12BrF7N2O2. The Morgan fingerprint density at radius 3 is 2.24 bits per heavy atom. The van der Waals surface area contributed by atoms with Gasteiger partial charge in [0, 0.05) is 0 Å². The molecule has 0 amide bonds. The van der Waals surface area contributed by atoms with Crippen molar-refractivity contribution in [3.8, 4) is 11.5 Å². The molecule has 1 aromatic rings. The van der Waals surface area contributed by atoms with Crippen molar-refractivity contribution in [3.05, 3.63) is 22.2 Å². The van der Waals surface area contributed by atoms with Crippen LogP contribution in [0.15, 0.2) is 21.7 Å².